The number of benzene rings is 1. The van der Waals surface area contributed by atoms with Crippen LogP contribution in [0.2, 0.25) is 0 Å². The highest BCUT2D eigenvalue weighted by Gasteiger charge is 2.35. The molecule has 2 atom stereocenters. The molecule has 2 aliphatic heterocycles. The molecular formula is C18H22O4. The number of rotatable bonds is 5. The first kappa shape index (κ1) is 15.3. The van der Waals surface area contributed by atoms with Gasteiger partial charge in [-0.15, -0.1) is 0 Å². The average Bonchev–Trinajstić information content (AvgIpc) is 3.25. The summed E-state index contributed by atoms with van der Waals surface area (Å²) in [6, 6.07) is 9.74. The molecule has 0 spiro atoms. The third kappa shape index (κ3) is 3.08. The third-order valence-corrected chi connectivity index (χ3v) is 4.22. The van der Waals surface area contributed by atoms with Crippen LogP contribution in [0.5, 0.6) is 0 Å². The lowest BCUT2D eigenvalue weighted by molar-refractivity contribution is -0.125. The molecular weight excluding hydrogens is 280 g/mol. The quantitative estimate of drug-likeness (QED) is 0.619. The van der Waals surface area contributed by atoms with E-state index in [4.69, 9.17) is 14.2 Å². The highest BCUT2D eigenvalue weighted by atomic mass is 16.5. The Morgan fingerprint density at radius 1 is 1.05 bits per heavy atom. The number of Topliss-reactive ketones (excluding diaryl/α,β-unsaturated/α-hetero) is 1. The van der Waals surface area contributed by atoms with Gasteiger partial charge in [0.05, 0.1) is 18.8 Å². The lowest BCUT2D eigenvalue weighted by Crippen LogP contribution is -2.29. The highest BCUT2D eigenvalue weighted by molar-refractivity contribution is 6.05. The molecule has 2 saturated heterocycles. The smallest absolute Gasteiger partial charge is 0.193 e. The number of hydrogen-bond donors (Lipinski definition) is 0. The fourth-order valence-electron chi connectivity index (χ4n) is 3.15. The van der Waals surface area contributed by atoms with Gasteiger partial charge >= 0.3 is 0 Å². The van der Waals surface area contributed by atoms with Crippen molar-refractivity contribution in [3.05, 3.63) is 41.5 Å². The molecule has 2 heterocycles. The van der Waals surface area contributed by atoms with Gasteiger partial charge in [-0.05, 0) is 25.7 Å². The van der Waals surface area contributed by atoms with Gasteiger partial charge < -0.3 is 14.2 Å². The van der Waals surface area contributed by atoms with E-state index >= 15 is 0 Å². The SMILES string of the molecule is CO/C(=C(/C(=O)C1CCCO1)C1CCCO1)c1ccccc1. The van der Waals surface area contributed by atoms with Crippen molar-refractivity contribution < 1.29 is 19.0 Å². The van der Waals surface area contributed by atoms with Gasteiger partial charge in [0.1, 0.15) is 11.9 Å². The molecule has 2 fully saturated rings. The minimum atomic E-state index is -0.354. The molecule has 118 valence electrons. The Hall–Kier alpha value is -1.65. The van der Waals surface area contributed by atoms with Gasteiger partial charge in [0.15, 0.2) is 5.78 Å². The van der Waals surface area contributed by atoms with Crippen LogP contribution in [0.4, 0.5) is 0 Å². The maximum absolute atomic E-state index is 13.0. The van der Waals surface area contributed by atoms with Gasteiger partial charge in [0, 0.05) is 18.8 Å². The van der Waals surface area contributed by atoms with E-state index in [0.717, 1.165) is 31.2 Å². The molecule has 0 aliphatic carbocycles. The summed E-state index contributed by atoms with van der Waals surface area (Å²) >= 11 is 0. The van der Waals surface area contributed by atoms with Crippen LogP contribution in [0.3, 0.4) is 0 Å². The monoisotopic (exact) mass is 302 g/mol. The summed E-state index contributed by atoms with van der Waals surface area (Å²) in [5.41, 5.74) is 1.54. The van der Waals surface area contributed by atoms with Gasteiger partial charge in [0.25, 0.3) is 0 Å². The van der Waals surface area contributed by atoms with Gasteiger partial charge in [-0.25, -0.2) is 0 Å². The minimum absolute atomic E-state index is 0.0186. The molecule has 0 radical (unpaired) electrons. The van der Waals surface area contributed by atoms with Crippen molar-refractivity contribution in [3.8, 4) is 0 Å². The molecule has 1 aromatic carbocycles. The summed E-state index contributed by atoms with van der Waals surface area (Å²) < 4.78 is 17.0. The zero-order valence-electron chi connectivity index (χ0n) is 12.9. The van der Waals surface area contributed by atoms with Crippen LogP contribution in [0.15, 0.2) is 35.9 Å². The first-order chi connectivity index (χ1) is 10.8. The van der Waals surface area contributed by atoms with Crippen LogP contribution >= 0.6 is 0 Å². The van der Waals surface area contributed by atoms with Gasteiger partial charge in [-0.2, -0.15) is 0 Å². The van der Waals surface area contributed by atoms with Crippen LogP contribution < -0.4 is 0 Å². The summed E-state index contributed by atoms with van der Waals surface area (Å²) in [5, 5.41) is 0. The van der Waals surface area contributed by atoms with E-state index in [9.17, 15) is 4.79 Å². The number of carbonyl (C=O) groups excluding carboxylic acids is 1. The van der Waals surface area contributed by atoms with E-state index in [2.05, 4.69) is 0 Å². The second-order valence-corrected chi connectivity index (χ2v) is 5.68. The normalized spacial score (nSPS) is 25.9. The van der Waals surface area contributed by atoms with Gasteiger partial charge in [0.2, 0.25) is 0 Å². The molecule has 22 heavy (non-hydrogen) atoms. The number of hydrogen-bond acceptors (Lipinski definition) is 4. The Morgan fingerprint density at radius 2 is 1.68 bits per heavy atom. The predicted molar refractivity (Wildman–Crippen MR) is 83.3 cm³/mol. The summed E-state index contributed by atoms with van der Waals surface area (Å²) in [6.07, 6.45) is 3.00. The molecule has 4 heteroatoms. The van der Waals surface area contributed by atoms with Crippen LogP contribution in [-0.2, 0) is 19.0 Å². The summed E-state index contributed by atoms with van der Waals surface area (Å²) in [5.74, 6) is 0.637. The molecule has 2 unspecified atom stereocenters. The summed E-state index contributed by atoms with van der Waals surface area (Å²) in [7, 11) is 1.61. The Bertz CT molecular complexity index is 537. The Balaban J connectivity index is 2.01. The standard InChI is InChI=1S/C18H22O4/c1-20-18(13-7-3-2-4-8-13)16(14-9-5-11-21-14)17(19)15-10-6-12-22-15/h2-4,7-8,14-15H,5-6,9-12H2,1H3/b18-16+. The summed E-state index contributed by atoms with van der Waals surface area (Å²) in [6.45, 7) is 1.35. The van der Waals surface area contributed by atoms with E-state index in [0.29, 0.717) is 24.5 Å². The number of carbonyl (C=O) groups is 1. The minimum Gasteiger partial charge on any atom is -0.496 e. The van der Waals surface area contributed by atoms with Gasteiger partial charge in [-0.3, -0.25) is 4.79 Å². The molecule has 0 amide bonds. The maximum atomic E-state index is 13.0. The summed E-state index contributed by atoms with van der Waals surface area (Å²) in [4.78, 5) is 13.0. The molecule has 3 rings (SSSR count). The van der Waals surface area contributed by atoms with Crippen LogP contribution in [0, 0.1) is 0 Å². The zero-order valence-corrected chi connectivity index (χ0v) is 12.9. The van der Waals surface area contributed by atoms with Crippen molar-refractivity contribution in [2.45, 2.75) is 37.9 Å². The van der Waals surface area contributed by atoms with Crippen LogP contribution in [-0.4, -0.2) is 38.3 Å². The van der Waals surface area contributed by atoms with E-state index in [1.54, 1.807) is 7.11 Å². The third-order valence-electron chi connectivity index (χ3n) is 4.22. The molecule has 0 aromatic heterocycles. The second-order valence-electron chi connectivity index (χ2n) is 5.68. The number of ether oxygens (including phenoxy) is 3. The molecule has 4 nitrogen and oxygen atoms in total. The topological polar surface area (TPSA) is 44.8 Å². The first-order valence-corrected chi connectivity index (χ1v) is 7.92. The first-order valence-electron chi connectivity index (χ1n) is 7.92. The lowest BCUT2D eigenvalue weighted by Gasteiger charge is -2.21. The van der Waals surface area contributed by atoms with Crippen molar-refractivity contribution >= 4 is 11.5 Å². The van der Waals surface area contributed by atoms with Crippen LogP contribution in [0.25, 0.3) is 5.76 Å². The number of methoxy groups -OCH3 is 1. The lowest BCUT2D eigenvalue weighted by atomic mass is 9.94. The van der Waals surface area contributed by atoms with Gasteiger partial charge in [-0.1, -0.05) is 30.3 Å². The van der Waals surface area contributed by atoms with E-state index < -0.39 is 0 Å². The molecule has 0 bridgehead atoms. The molecule has 0 saturated carbocycles. The zero-order chi connectivity index (χ0) is 15.4. The predicted octanol–water partition coefficient (Wildman–Crippen LogP) is 2.97. The Labute approximate surface area is 131 Å². The molecule has 0 N–H and O–H groups in total. The number of ketones is 1. The Kier molecular flexibility index (Phi) is 4.90. The van der Waals surface area contributed by atoms with E-state index in [-0.39, 0.29) is 18.0 Å². The molecule has 2 aliphatic rings. The van der Waals surface area contributed by atoms with E-state index in [1.807, 2.05) is 30.3 Å². The fourth-order valence-corrected chi connectivity index (χ4v) is 3.15. The van der Waals surface area contributed by atoms with E-state index in [1.165, 1.54) is 0 Å². The fraction of sp³-hybridized carbons (Fsp3) is 0.500. The van der Waals surface area contributed by atoms with Crippen molar-refractivity contribution in [2.24, 2.45) is 0 Å². The van der Waals surface area contributed by atoms with Crippen LogP contribution in [0.1, 0.15) is 31.2 Å². The second kappa shape index (κ2) is 7.07. The van der Waals surface area contributed by atoms with Crippen molar-refractivity contribution in [3.63, 3.8) is 0 Å². The Morgan fingerprint density at radius 3 is 2.23 bits per heavy atom. The average molecular weight is 302 g/mol. The van der Waals surface area contributed by atoms with Crippen molar-refractivity contribution in [1.29, 1.82) is 0 Å². The largest absolute Gasteiger partial charge is 0.496 e. The van der Waals surface area contributed by atoms with Crippen molar-refractivity contribution in [1.82, 2.24) is 0 Å². The highest BCUT2D eigenvalue weighted by Crippen LogP contribution is 2.31. The molecule has 1 aromatic rings. The maximum Gasteiger partial charge on any atom is 0.193 e. The van der Waals surface area contributed by atoms with Crippen molar-refractivity contribution in [2.75, 3.05) is 20.3 Å².